The van der Waals surface area contributed by atoms with Crippen molar-refractivity contribution in [1.29, 1.82) is 0 Å². The number of esters is 1. The topological polar surface area (TPSA) is 99.0 Å². The molecule has 28 heavy (non-hydrogen) atoms. The van der Waals surface area contributed by atoms with Gasteiger partial charge in [0.25, 0.3) is 5.69 Å². The van der Waals surface area contributed by atoms with Crippen LogP contribution < -0.4 is 0 Å². The molecule has 0 aliphatic rings. The van der Waals surface area contributed by atoms with Gasteiger partial charge in [-0.2, -0.15) is 0 Å². The molecular formula is C20H22N2O6. The largest absolute Gasteiger partial charge is 0.516 e. The van der Waals surface area contributed by atoms with Gasteiger partial charge in [0.2, 0.25) is 0 Å². The number of nitrogens with zero attached hydrogens (tertiary/aromatic N) is 2. The predicted molar refractivity (Wildman–Crippen MR) is 101 cm³/mol. The molecule has 8 nitrogen and oxygen atoms in total. The molecule has 0 radical (unpaired) electrons. The maximum Gasteiger partial charge on any atom is 0.516 e. The smallest absolute Gasteiger partial charge is 0.429 e. The van der Waals surface area contributed by atoms with Crippen LogP contribution in [-0.2, 0) is 20.9 Å². The van der Waals surface area contributed by atoms with Crippen LogP contribution in [0.1, 0.15) is 30.5 Å². The first-order valence-electron chi connectivity index (χ1n) is 8.76. The maximum atomic E-state index is 12.0. The lowest BCUT2D eigenvalue weighted by Crippen LogP contribution is -2.32. The van der Waals surface area contributed by atoms with Gasteiger partial charge >= 0.3 is 12.1 Å². The molecule has 0 amide bonds. The molecule has 2 rings (SSSR count). The number of hydrogen-bond donors (Lipinski definition) is 0. The van der Waals surface area contributed by atoms with Crippen molar-refractivity contribution in [2.75, 3.05) is 13.6 Å². The molecular weight excluding hydrogens is 364 g/mol. The molecule has 8 heteroatoms. The zero-order chi connectivity index (χ0) is 20.5. The fourth-order valence-electron chi connectivity index (χ4n) is 2.83. The van der Waals surface area contributed by atoms with Crippen molar-refractivity contribution >= 4 is 17.8 Å². The van der Waals surface area contributed by atoms with Gasteiger partial charge in [-0.05, 0) is 24.6 Å². The third-order valence-corrected chi connectivity index (χ3v) is 4.16. The average Bonchev–Trinajstić information content (AvgIpc) is 2.68. The fourth-order valence-corrected chi connectivity index (χ4v) is 2.83. The Morgan fingerprint density at radius 1 is 1.14 bits per heavy atom. The van der Waals surface area contributed by atoms with E-state index in [4.69, 9.17) is 4.74 Å². The number of carbonyl (C=O) groups is 2. The summed E-state index contributed by atoms with van der Waals surface area (Å²) in [7, 11) is 1.68. The Balaban J connectivity index is 1.89. The number of ether oxygens (including phenoxy) is 2. The molecule has 0 spiro atoms. The van der Waals surface area contributed by atoms with Crippen LogP contribution in [0.5, 0.6) is 0 Å². The molecule has 0 N–H and O–H groups in total. The SMILES string of the molecule is CC[C@H](c1cccc([N+](=O)[O-])c1)N(C)CC(=O)OC(=O)OCc1ccccc1. The highest BCUT2D eigenvalue weighted by Crippen LogP contribution is 2.26. The van der Waals surface area contributed by atoms with Crippen molar-refractivity contribution in [3.8, 4) is 0 Å². The van der Waals surface area contributed by atoms with Crippen LogP contribution in [0.25, 0.3) is 0 Å². The van der Waals surface area contributed by atoms with Gasteiger partial charge in [-0.3, -0.25) is 19.8 Å². The first kappa shape index (κ1) is 21.0. The van der Waals surface area contributed by atoms with Crippen molar-refractivity contribution in [2.45, 2.75) is 26.0 Å². The van der Waals surface area contributed by atoms with E-state index in [2.05, 4.69) is 4.74 Å². The third-order valence-electron chi connectivity index (χ3n) is 4.16. The van der Waals surface area contributed by atoms with Gasteiger partial charge in [0.15, 0.2) is 0 Å². The molecule has 0 heterocycles. The predicted octanol–water partition coefficient (Wildman–Crippen LogP) is 3.86. The lowest BCUT2D eigenvalue weighted by Gasteiger charge is -2.26. The third kappa shape index (κ3) is 6.17. The Bertz CT molecular complexity index is 824. The number of non-ortho nitro benzene ring substituents is 1. The number of nitro benzene ring substituents is 1. The Morgan fingerprint density at radius 3 is 2.50 bits per heavy atom. The average molecular weight is 386 g/mol. The van der Waals surface area contributed by atoms with Crippen LogP contribution >= 0.6 is 0 Å². The summed E-state index contributed by atoms with van der Waals surface area (Å²) in [6.45, 7) is 1.75. The van der Waals surface area contributed by atoms with E-state index >= 15 is 0 Å². The molecule has 0 fully saturated rings. The van der Waals surface area contributed by atoms with Gasteiger partial charge < -0.3 is 9.47 Å². The molecule has 0 saturated heterocycles. The number of benzene rings is 2. The van der Waals surface area contributed by atoms with Gasteiger partial charge in [0.05, 0.1) is 11.5 Å². The summed E-state index contributed by atoms with van der Waals surface area (Å²) in [5.74, 6) is -0.760. The lowest BCUT2D eigenvalue weighted by atomic mass is 10.0. The van der Waals surface area contributed by atoms with E-state index in [1.54, 1.807) is 36.2 Å². The van der Waals surface area contributed by atoms with Crippen LogP contribution in [0.15, 0.2) is 54.6 Å². The van der Waals surface area contributed by atoms with E-state index in [1.165, 1.54) is 12.1 Å². The number of hydrogen-bond acceptors (Lipinski definition) is 7. The van der Waals surface area contributed by atoms with E-state index in [0.717, 1.165) is 5.56 Å². The van der Waals surface area contributed by atoms with Crippen LogP contribution in [0.2, 0.25) is 0 Å². The summed E-state index contributed by atoms with van der Waals surface area (Å²) < 4.78 is 9.60. The van der Waals surface area contributed by atoms with E-state index < -0.39 is 17.0 Å². The summed E-state index contributed by atoms with van der Waals surface area (Å²) in [6.07, 6.45) is -0.450. The highest BCUT2D eigenvalue weighted by molar-refractivity contribution is 5.83. The molecule has 0 saturated carbocycles. The summed E-state index contributed by atoms with van der Waals surface area (Å²) in [5.41, 5.74) is 1.47. The van der Waals surface area contributed by atoms with Crippen LogP contribution in [0.3, 0.4) is 0 Å². The number of carbonyl (C=O) groups excluding carboxylic acids is 2. The highest BCUT2D eigenvalue weighted by atomic mass is 16.7. The second kappa shape index (κ2) is 10.2. The van der Waals surface area contributed by atoms with Crippen LogP contribution in [-0.4, -0.2) is 35.5 Å². The Hall–Kier alpha value is -3.26. The number of nitro groups is 1. The minimum absolute atomic E-state index is 0.00800. The first-order valence-corrected chi connectivity index (χ1v) is 8.76. The zero-order valence-electron chi connectivity index (χ0n) is 15.7. The Kier molecular flexibility index (Phi) is 7.65. The van der Waals surface area contributed by atoms with Gasteiger partial charge in [-0.1, -0.05) is 49.4 Å². The first-order chi connectivity index (χ1) is 13.4. The van der Waals surface area contributed by atoms with E-state index in [1.807, 2.05) is 25.1 Å². The van der Waals surface area contributed by atoms with Gasteiger partial charge in [0, 0.05) is 18.2 Å². The molecule has 0 aromatic heterocycles. The second-order valence-corrected chi connectivity index (χ2v) is 6.19. The van der Waals surface area contributed by atoms with Crippen molar-refractivity contribution < 1.29 is 24.0 Å². The molecule has 2 aromatic carbocycles. The Labute approximate surface area is 162 Å². The van der Waals surface area contributed by atoms with E-state index in [-0.39, 0.29) is 24.9 Å². The summed E-state index contributed by atoms with van der Waals surface area (Å²) in [4.78, 5) is 35.9. The van der Waals surface area contributed by atoms with Crippen LogP contribution in [0.4, 0.5) is 10.5 Å². The second-order valence-electron chi connectivity index (χ2n) is 6.19. The van der Waals surface area contributed by atoms with Crippen molar-refractivity contribution in [2.24, 2.45) is 0 Å². The summed E-state index contributed by atoms with van der Waals surface area (Å²) in [5, 5.41) is 11.0. The molecule has 0 bridgehead atoms. The highest BCUT2D eigenvalue weighted by Gasteiger charge is 2.22. The van der Waals surface area contributed by atoms with Crippen LogP contribution in [0, 0.1) is 10.1 Å². The zero-order valence-corrected chi connectivity index (χ0v) is 15.7. The fraction of sp³-hybridized carbons (Fsp3) is 0.300. The molecule has 0 aliphatic carbocycles. The minimum Gasteiger partial charge on any atom is -0.429 e. The lowest BCUT2D eigenvalue weighted by molar-refractivity contribution is -0.385. The molecule has 0 aliphatic heterocycles. The number of rotatable bonds is 8. The molecule has 148 valence electrons. The van der Waals surface area contributed by atoms with Crippen molar-refractivity contribution in [3.05, 3.63) is 75.8 Å². The minimum atomic E-state index is -1.06. The molecule has 1 atom stereocenters. The van der Waals surface area contributed by atoms with Crippen molar-refractivity contribution in [1.82, 2.24) is 4.90 Å². The van der Waals surface area contributed by atoms with Crippen molar-refractivity contribution in [3.63, 3.8) is 0 Å². The molecule has 2 aromatic rings. The normalized spacial score (nSPS) is 11.7. The van der Waals surface area contributed by atoms with Gasteiger partial charge in [0.1, 0.15) is 6.61 Å². The Morgan fingerprint density at radius 2 is 1.86 bits per heavy atom. The van der Waals surface area contributed by atoms with Gasteiger partial charge in [-0.15, -0.1) is 0 Å². The summed E-state index contributed by atoms with van der Waals surface area (Å²) in [6, 6.07) is 15.0. The van der Waals surface area contributed by atoms with Gasteiger partial charge in [-0.25, -0.2) is 4.79 Å². The standard InChI is InChI=1S/C20H22N2O6/c1-3-18(16-10-7-11-17(12-16)22(25)26)21(2)13-19(23)28-20(24)27-14-15-8-5-4-6-9-15/h4-12,18H,3,13-14H2,1-2H3/t18-/m1/s1. The van der Waals surface area contributed by atoms with E-state index in [9.17, 15) is 19.7 Å². The monoisotopic (exact) mass is 386 g/mol. The number of likely N-dealkylation sites (N-methyl/N-ethyl adjacent to an activating group) is 1. The molecule has 0 unspecified atom stereocenters. The van der Waals surface area contributed by atoms with E-state index in [0.29, 0.717) is 12.0 Å². The summed E-state index contributed by atoms with van der Waals surface area (Å²) >= 11 is 0. The maximum absolute atomic E-state index is 12.0. The quantitative estimate of drug-likeness (QED) is 0.294.